The molecule has 0 atom stereocenters. The molecule has 0 aliphatic rings. The lowest BCUT2D eigenvalue weighted by Crippen LogP contribution is -2.13. The zero-order valence-electron chi connectivity index (χ0n) is 23.3. The highest BCUT2D eigenvalue weighted by atomic mass is 19.3. The van der Waals surface area contributed by atoms with Crippen LogP contribution in [-0.4, -0.2) is 22.8 Å². The van der Waals surface area contributed by atoms with Crippen molar-refractivity contribution in [2.24, 2.45) is 0 Å². The highest BCUT2D eigenvalue weighted by Gasteiger charge is 2.24. The van der Waals surface area contributed by atoms with Crippen LogP contribution in [0, 0.1) is 12.7 Å². The molecule has 0 radical (unpaired) electrons. The van der Waals surface area contributed by atoms with Crippen molar-refractivity contribution < 1.29 is 13.2 Å². The van der Waals surface area contributed by atoms with E-state index in [0.29, 0.717) is 12.1 Å². The molecule has 204 valence electrons. The van der Waals surface area contributed by atoms with Crippen LogP contribution in [0.25, 0.3) is 11.3 Å². The van der Waals surface area contributed by atoms with Crippen LogP contribution < -0.4 is 4.90 Å². The fourth-order valence-corrected chi connectivity index (χ4v) is 3.85. The summed E-state index contributed by atoms with van der Waals surface area (Å²) in [5.74, 6) is -2.65. The van der Waals surface area contributed by atoms with Crippen LogP contribution >= 0.6 is 0 Å². The Hall–Kier alpha value is -3.54. The van der Waals surface area contributed by atoms with Gasteiger partial charge in [0.1, 0.15) is 5.82 Å². The van der Waals surface area contributed by atoms with Gasteiger partial charge in [-0.05, 0) is 66.8 Å². The minimum Gasteiger partial charge on any atom is -0.348 e. The Morgan fingerprint density at radius 2 is 1.74 bits per heavy atom. The lowest BCUT2D eigenvalue weighted by atomic mass is 9.97. The Morgan fingerprint density at radius 3 is 2.32 bits per heavy atom. The smallest absolute Gasteiger partial charge is 0.247 e. The monoisotopic (exact) mass is 523 g/mol. The first-order chi connectivity index (χ1) is 18.0. The van der Waals surface area contributed by atoms with Gasteiger partial charge >= 0.3 is 0 Å². The fourth-order valence-electron chi connectivity index (χ4n) is 3.85. The van der Waals surface area contributed by atoms with Crippen molar-refractivity contribution in [3.8, 4) is 5.69 Å². The van der Waals surface area contributed by atoms with Crippen molar-refractivity contribution >= 4 is 11.3 Å². The predicted molar refractivity (Wildman–Crippen MR) is 154 cm³/mol. The summed E-state index contributed by atoms with van der Waals surface area (Å²) in [4.78, 5) is 1.79. The summed E-state index contributed by atoms with van der Waals surface area (Å²) in [5, 5.41) is 4.44. The van der Waals surface area contributed by atoms with Gasteiger partial charge in [-0.25, -0.2) is 17.9 Å². The molecule has 0 aliphatic carbocycles. The molecule has 0 aliphatic heterocycles. The van der Waals surface area contributed by atoms with Gasteiger partial charge in [0.05, 0.1) is 23.3 Å². The van der Waals surface area contributed by atoms with Gasteiger partial charge in [-0.2, -0.15) is 5.10 Å². The van der Waals surface area contributed by atoms with E-state index in [4.69, 9.17) is 0 Å². The number of allylic oxidation sites excluding steroid dienone is 3. The van der Waals surface area contributed by atoms with E-state index in [1.165, 1.54) is 13.0 Å². The molecule has 0 fully saturated rings. The van der Waals surface area contributed by atoms with E-state index in [-0.39, 0.29) is 18.7 Å². The van der Waals surface area contributed by atoms with E-state index in [9.17, 15) is 13.2 Å². The number of nitrogens with zero attached hydrogens (tertiary/aromatic N) is 3. The lowest BCUT2D eigenvalue weighted by molar-refractivity contribution is -0.0133. The largest absolute Gasteiger partial charge is 0.348 e. The maximum absolute atomic E-state index is 14.4. The van der Waals surface area contributed by atoms with E-state index in [2.05, 4.69) is 25.2 Å². The molecule has 0 saturated heterocycles. The van der Waals surface area contributed by atoms with Crippen LogP contribution in [0.4, 0.5) is 18.9 Å². The Labute approximate surface area is 226 Å². The zero-order valence-corrected chi connectivity index (χ0v) is 23.3. The summed E-state index contributed by atoms with van der Waals surface area (Å²) >= 11 is 0. The number of hydrogen-bond donors (Lipinski definition) is 0. The third kappa shape index (κ3) is 8.51. The number of unbranched alkanes of at least 4 members (excludes halogenated alkanes) is 1. The summed E-state index contributed by atoms with van der Waals surface area (Å²) in [6, 6.07) is 17.1. The molecule has 0 saturated carbocycles. The SMILES string of the molecule is C=C(C(=C)c1ccnn1-c1ccccc1)/C(=C\N(C)c1ccc(C)cc1F)CC.CCCCC(F)(F)CC. The quantitative estimate of drug-likeness (QED) is 0.233. The van der Waals surface area contributed by atoms with E-state index in [1.54, 1.807) is 17.2 Å². The summed E-state index contributed by atoms with van der Waals surface area (Å²) in [6.45, 7) is 15.9. The molecule has 1 heterocycles. The molecule has 0 bridgehead atoms. The highest BCUT2D eigenvalue weighted by Crippen LogP contribution is 2.30. The average Bonchev–Trinajstić information content (AvgIpc) is 3.40. The van der Waals surface area contributed by atoms with E-state index in [0.717, 1.165) is 46.5 Å². The van der Waals surface area contributed by atoms with Crippen molar-refractivity contribution in [3.63, 3.8) is 0 Å². The minimum atomic E-state index is -2.41. The molecular formula is C32H40F3N3. The van der Waals surface area contributed by atoms with Crippen molar-refractivity contribution in [1.82, 2.24) is 9.78 Å². The number of benzene rings is 2. The number of rotatable bonds is 11. The van der Waals surface area contributed by atoms with Gasteiger partial charge in [-0.15, -0.1) is 0 Å². The van der Waals surface area contributed by atoms with Crippen LogP contribution in [0.1, 0.15) is 64.1 Å². The van der Waals surface area contributed by atoms with Crippen LogP contribution in [-0.2, 0) is 0 Å². The predicted octanol–water partition coefficient (Wildman–Crippen LogP) is 9.54. The average molecular weight is 524 g/mol. The second kappa shape index (κ2) is 14.4. The van der Waals surface area contributed by atoms with Gasteiger partial charge in [0.25, 0.3) is 0 Å². The summed E-state index contributed by atoms with van der Waals surface area (Å²) in [6.07, 6.45) is 5.95. The third-order valence-corrected chi connectivity index (χ3v) is 6.33. The molecular weight excluding hydrogens is 483 g/mol. The first kappa shape index (κ1) is 30.7. The fraction of sp³-hybridized carbons (Fsp3) is 0.344. The maximum Gasteiger partial charge on any atom is 0.247 e. The number of alkyl halides is 2. The molecule has 0 amide bonds. The summed E-state index contributed by atoms with van der Waals surface area (Å²) in [7, 11) is 1.84. The van der Waals surface area contributed by atoms with Gasteiger partial charge in [-0.3, -0.25) is 0 Å². The number of aromatic nitrogens is 2. The Kier molecular flexibility index (Phi) is 11.6. The zero-order chi connectivity index (χ0) is 28.3. The summed E-state index contributed by atoms with van der Waals surface area (Å²) < 4.78 is 40.9. The Morgan fingerprint density at radius 1 is 1.05 bits per heavy atom. The van der Waals surface area contributed by atoms with Gasteiger partial charge < -0.3 is 4.90 Å². The molecule has 6 heteroatoms. The Balaban J connectivity index is 0.000000484. The van der Waals surface area contributed by atoms with Gasteiger partial charge in [0.2, 0.25) is 5.92 Å². The minimum absolute atomic E-state index is 0.0208. The van der Waals surface area contributed by atoms with Gasteiger partial charge in [-0.1, -0.05) is 64.6 Å². The maximum atomic E-state index is 14.4. The van der Waals surface area contributed by atoms with Gasteiger partial charge in [0.15, 0.2) is 0 Å². The van der Waals surface area contributed by atoms with Gasteiger partial charge in [0, 0.05) is 31.7 Å². The Bertz CT molecular complexity index is 1230. The van der Waals surface area contributed by atoms with Crippen LogP contribution in [0.15, 0.2) is 91.3 Å². The summed E-state index contributed by atoms with van der Waals surface area (Å²) in [5.41, 5.74) is 5.84. The van der Waals surface area contributed by atoms with Crippen molar-refractivity contribution in [2.45, 2.75) is 65.7 Å². The van der Waals surface area contributed by atoms with Crippen molar-refractivity contribution in [3.05, 3.63) is 108 Å². The molecule has 3 nitrogen and oxygen atoms in total. The van der Waals surface area contributed by atoms with E-state index >= 15 is 0 Å². The number of anilines is 1. The molecule has 3 aromatic rings. The molecule has 2 aromatic carbocycles. The first-order valence-corrected chi connectivity index (χ1v) is 13.1. The van der Waals surface area contributed by atoms with Crippen LogP contribution in [0.2, 0.25) is 0 Å². The third-order valence-electron chi connectivity index (χ3n) is 6.33. The first-order valence-electron chi connectivity index (χ1n) is 13.1. The van der Waals surface area contributed by atoms with E-state index < -0.39 is 5.92 Å². The number of aryl methyl sites for hydroxylation is 1. The molecule has 38 heavy (non-hydrogen) atoms. The highest BCUT2D eigenvalue weighted by molar-refractivity contribution is 5.80. The second-order valence-electron chi connectivity index (χ2n) is 9.31. The number of para-hydroxylation sites is 1. The second-order valence-corrected chi connectivity index (χ2v) is 9.31. The molecule has 1 aromatic heterocycles. The number of hydrogen-bond acceptors (Lipinski definition) is 2. The standard InChI is InChI=1S/C25H26FN3.C7H14F2/c1-6-21(17-28(5)25-13-12-18(2)16-23(25)26)19(3)20(4)24-14-15-27-29(24)22-10-8-7-9-11-22;1-3-5-6-7(8,9)4-2/h7-17H,3-4,6H2,1-2,5H3;3-6H2,1-2H3/b21-17-;. The van der Waals surface area contributed by atoms with Crippen LogP contribution in [0.5, 0.6) is 0 Å². The number of halogens is 3. The molecule has 3 rings (SSSR count). The molecule has 0 N–H and O–H groups in total. The van der Waals surface area contributed by atoms with E-state index in [1.807, 2.05) is 74.2 Å². The normalized spacial score (nSPS) is 11.5. The van der Waals surface area contributed by atoms with Crippen LogP contribution in [0.3, 0.4) is 0 Å². The van der Waals surface area contributed by atoms with Crippen molar-refractivity contribution in [1.29, 1.82) is 0 Å². The lowest BCUT2D eigenvalue weighted by Gasteiger charge is -2.20. The molecule has 0 unspecified atom stereocenters. The molecule has 0 spiro atoms. The van der Waals surface area contributed by atoms with Crippen molar-refractivity contribution in [2.75, 3.05) is 11.9 Å². The topological polar surface area (TPSA) is 21.1 Å².